The zero-order valence-corrected chi connectivity index (χ0v) is 16.8. The molecule has 0 unspecified atom stereocenters. The number of hydrogen-bond donors (Lipinski definition) is 2. The van der Waals surface area contributed by atoms with Gasteiger partial charge in [-0.3, -0.25) is 9.59 Å². The van der Waals surface area contributed by atoms with E-state index in [4.69, 9.17) is 0 Å². The Hall–Kier alpha value is -2.03. The maximum Gasteiger partial charge on any atom is 0.260 e. The summed E-state index contributed by atoms with van der Waals surface area (Å²) >= 11 is 3.13. The van der Waals surface area contributed by atoms with Crippen molar-refractivity contribution in [3.05, 3.63) is 39.1 Å². The normalized spacial score (nSPS) is 15.7. The van der Waals surface area contributed by atoms with Crippen LogP contribution in [0.2, 0.25) is 0 Å². The van der Waals surface area contributed by atoms with Crippen molar-refractivity contribution in [2.75, 3.05) is 19.6 Å². The molecule has 8 heteroatoms. The van der Waals surface area contributed by atoms with Gasteiger partial charge in [0.05, 0.1) is 11.4 Å². The summed E-state index contributed by atoms with van der Waals surface area (Å²) in [6.07, 6.45) is 2.55. The highest BCUT2D eigenvalue weighted by Crippen LogP contribution is 2.33. The van der Waals surface area contributed by atoms with Crippen LogP contribution in [-0.2, 0) is 4.79 Å². The number of amides is 1. The Labute approximate surface area is 165 Å². The molecule has 142 valence electrons. The first-order valence-corrected chi connectivity index (χ1v) is 11.0. The number of carbonyl (C=O) groups is 1. The van der Waals surface area contributed by atoms with Crippen molar-refractivity contribution >= 4 is 38.8 Å². The second kappa shape index (κ2) is 7.92. The number of nitrogens with one attached hydrogen (secondary N) is 2. The number of H-pyrrole nitrogens is 1. The molecule has 1 saturated heterocycles. The molecule has 0 aromatic carbocycles. The number of hydrogen-bond acceptors (Lipinski definition) is 6. The molecule has 1 aliphatic heterocycles. The second-order valence-corrected chi connectivity index (χ2v) is 8.58. The van der Waals surface area contributed by atoms with E-state index in [2.05, 4.69) is 15.3 Å². The van der Waals surface area contributed by atoms with E-state index in [0.717, 1.165) is 47.7 Å². The molecule has 1 fully saturated rings. The number of fused-ring (bicyclic) bond motifs is 1. The van der Waals surface area contributed by atoms with Gasteiger partial charge in [-0.05, 0) is 37.8 Å². The monoisotopic (exact) mass is 402 g/mol. The van der Waals surface area contributed by atoms with Gasteiger partial charge in [-0.15, -0.1) is 22.7 Å². The molecule has 2 N–H and O–H groups in total. The van der Waals surface area contributed by atoms with Crippen molar-refractivity contribution in [1.29, 1.82) is 0 Å². The molecule has 0 spiro atoms. The third-order valence-corrected chi connectivity index (χ3v) is 6.66. The third kappa shape index (κ3) is 3.83. The van der Waals surface area contributed by atoms with Crippen molar-refractivity contribution in [2.24, 2.45) is 0 Å². The van der Waals surface area contributed by atoms with E-state index in [-0.39, 0.29) is 17.5 Å². The lowest BCUT2D eigenvalue weighted by atomic mass is 10.2. The smallest absolute Gasteiger partial charge is 0.260 e. The summed E-state index contributed by atoms with van der Waals surface area (Å²) in [6, 6.07) is 3.96. The molecule has 1 atom stereocenters. The lowest BCUT2D eigenvalue weighted by Gasteiger charge is -2.17. The van der Waals surface area contributed by atoms with E-state index < -0.39 is 0 Å². The van der Waals surface area contributed by atoms with E-state index in [1.54, 1.807) is 11.3 Å². The van der Waals surface area contributed by atoms with Crippen LogP contribution in [0.4, 0.5) is 0 Å². The van der Waals surface area contributed by atoms with Crippen LogP contribution < -0.4 is 10.9 Å². The van der Waals surface area contributed by atoms with E-state index in [1.807, 2.05) is 34.7 Å². The van der Waals surface area contributed by atoms with Gasteiger partial charge in [0.2, 0.25) is 5.91 Å². The molecular weight excluding hydrogens is 380 g/mol. The summed E-state index contributed by atoms with van der Waals surface area (Å²) in [7, 11) is 0. The van der Waals surface area contributed by atoms with Gasteiger partial charge < -0.3 is 15.2 Å². The lowest BCUT2D eigenvalue weighted by Crippen LogP contribution is -2.30. The minimum absolute atomic E-state index is 0.0522. The van der Waals surface area contributed by atoms with Gasteiger partial charge in [-0.1, -0.05) is 6.07 Å². The van der Waals surface area contributed by atoms with Crippen LogP contribution >= 0.6 is 22.7 Å². The number of aromatic nitrogens is 2. The van der Waals surface area contributed by atoms with Gasteiger partial charge in [0.25, 0.3) is 5.56 Å². The van der Waals surface area contributed by atoms with E-state index >= 15 is 0 Å². The van der Waals surface area contributed by atoms with Crippen LogP contribution in [0, 0.1) is 0 Å². The SMILES string of the molecule is C[C@@H](NCCCN1CCCC1=O)c1nc2scc(-c3cccs3)c2c(=O)[nH]1. The Balaban J connectivity index is 1.42. The molecule has 0 bridgehead atoms. The summed E-state index contributed by atoms with van der Waals surface area (Å²) in [6.45, 7) is 4.44. The average Bonchev–Trinajstić information content (AvgIpc) is 3.39. The number of carbonyl (C=O) groups excluding carboxylic acids is 1. The number of rotatable bonds is 7. The number of likely N-dealkylation sites (tertiary alicyclic amines) is 1. The molecule has 27 heavy (non-hydrogen) atoms. The highest BCUT2D eigenvalue weighted by atomic mass is 32.1. The zero-order chi connectivity index (χ0) is 18.8. The number of thiophene rings is 2. The molecule has 0 radical (unpaired) electrons. The Morgan fingerprint density at radius 1 is 1.37 bits per heavy atom. The summed E-state index contributed by atoms with van der Waals surface area (Å²) in [5.41, 5.74) is 0.872. The maximum atomic E-state index is 12.7. The standard InChI is InChI=1S/C19H22N4O2S2/c1-12(20-7-4-9-23-8-2-6-15(23)24)17-21-18(25)16-13(11-27-19(16)22-17)14-5-3-10-26-14/h3,5,10-12,20H,2,4,6-9H2,1H3,(H,21,22,25)/t12-/m1/s1. The summed E-state index contributed by atoms with van der Waals surface area (Å²) < 4.78 is 0. The topological polar surface area (TPSA) is 78.1 Å². The second-order valence-electron chi connectivity index (χ2n) is 6.77. The van der Waals surface area contributed by atoms with Crippen molar-refractivity contribution in [1.82, 2.24) is 20.2 Å². The Bertz CT molecular complexity index is 993. The highest BCUT2D eigenvalue weighted by molar-refractivity contribution is 7.18. The van der Waals surface area contributed by atoms with Crippen molar-refractivity contribution in [2.45, 2.75) is 32.2 Å². The predicted molar refractivity (Wildman–Crippen MR) is 110 cm³/mol. The average molecular weight is 403 g/mol. The van der Waals surface area contributed by atoms with Crippen LogP contribution in [0.5, 0.6) is 0 Å². The first-order valence-electron chi connectivity index (χ1n) is 9.20. The summed E-state index contributed by atoms with van der Waals surface area (Å²) in [5.74, 6) is 0.920. The van der Waals surface area contributed by atoms with Crippen molar-refractivity contribution < 1.29 is 4.79 Å². The molecular formula is C19H22N4O2S2. The van der Waals surface area contributed by atoms with Gasteiger partial charge >= 0.3 is 0 Å². The van der Waals surface area contributed by atoms with Gasteiger partial charge in [-0.25, -0.2) is 4.98 Å². The van der Waals surface area contributed by atoms with Crippen LogP contribution in [0.25, 0.3) is 20.7 Å². The van der Waals surface area contributed by atoms with Crippen LogP contribution in [-0.4, -0.2) is 40.4 Å². The minimum atomic E-state index is -0.0871. The fourth-order valence-electron chi connectivity index (χ4n) is 3.41. The fraction of sp³-hybridized carbons (Fsp3) is 0.421. The molecule has 0 saturated carbocycles. The van der Waals surface area contributed by atoms with Gasteiger partial charge in [0.1, 0.15) is 10.7 Å². The third-order valence-electron chi connectivity index (χ3n) is 4.89. The molecule has 4 heterocycles. The molecule has 6 nitrogen and oxygen atoms in total. The molecule has 3 aromatic rings. The van der Waals surface area contributed by atoms with Crippen LogP contribution in [0.3, 0.4) is 0 Å². The van der Waals surface area contributed by atoms with Crippen LogP contribution in [0.1, 0.15) is 38.1 Å². The van der Waals surface area contributed by atoms with Gasteiger partial charge in [0.15, 0.2) is 0 Å². The molecule has 4 rings (SSSR count). The van der Waals surface area contributed by atoms with E-state index in [1.165, 1.54) is 11.3 Å². The van der Waals surface area contributed by atoms with Crippen LogP contribution in [0.15, 0.2) is 27.7 Å². The predicted octanol–water partition coefficient (Wildman–Crippen LogP) is 3.38. The number of nitrogens with zero attached hydrogens (tertiary/aromatic N) is 2. The Kier molecular flexibility index (Phi) is 5.38. The molecule has 1 amide bonds. The quantitative estimate of drug-likeness (QED) is 0.594. The fourth-order valence-corrected chi connectivity index (χ4v) is 5.18. The molecule has 0 aliphatic carbocycles. The Morgan fingerprint density at radius 2 is 2.26 bits per heavy atom. The van der Waals surface area contributed by atoms with Crippen molar-refractivity contribution in [3.8, 4) is 10.4 Å². The van der Waals surface area contributed by atoms with E-state index in [9.17, 15) is 9.59 Å². The van der Waals surface area contributed by atoms with Crippen molar-refractivity contribution in [3.63, 3.8) is 0 Å². The maximum absolute atomic E-state index is 12.7. The van der Waals surface area contributed by atoms with Gasteiger partial charge in [-0.2, -0.15) is 0 Å². The first-order chi connectivity index (χ1) is 13.1. The zero-order valence-electron chi connectivity index (χ0n) is 15.2. The molecule has 3 aromatic heterocycles. The number of aromatic amines is 1. The largest absolute Gasteiger partial charge is 0.343 e. The lowest BCUT2D eigenvalue weighted by molar-refractivity contribution is -0.127. The minimum Gasteiger partial charge on any atom is -0.343 e. The summed E-state index contributed by atoms with van der Waals surface area (Å²) in [4.78, 5) is 35.7. The first kappa shape index (κ1) is 18.3. The Morgan fingerprint density at radius 3 is 3.00 bits per heavy atom. The highest BCUT2D eigenvalue weighted by Gasteiger charge is 2.19. The molecule has 1 aliphatic rings. The summed E-state index contributed by atoms with van der Waals surface area (Å²) in [5, 5.41) is 8.09. The van der Waals surface area contributed by atoms with E-state index in [0.29, 0.717) is 17.6 Å². The van der Waals surface area contributed by atoms with Gasteiger partial charge in [0, 0.05) is 35.3 Å².